The average Bonchev–Trinajstić information content (AvgIpc) is 2.48. The van der Waals surface area contributed by atoms with Crippen LogP contribution in [-0.2, 0) is 9.36 Å². The second kappa shape index (κ2) is 5.14. The van der Waals surface area contributed by atoms with E-state index >= 15 is 0 Å². The zero-order chi connectivity index (χ0) is 13.9. The van der Waals surface area contributed by atoms with Gasteiger partial charge in [0.1, 0.15) is 6.29 Å². The van der Waals surface area contributed by atoms with Gasteiger partial charge < -0.3 is 9.36 Å². The van der Waals surface area contributed by atoms with Crippen LogP contribution in [0.4, 0.5) is 0 Å². The summed E-state index contributed by atoms with van der Waals surface area (Å²) in [6, 6.07) is 18.5. The maximum absolute atomic E-state index is 13.6. The van der Waals surface area contributed by atoms with Crippen molar-refractivity contribution in [1.82, 2.24) is 0 Å². The van der Waals surface area contributed by atoms with Crippen molar-refractivity contribution in [3.8, 4) is 0 Å². The smallest absolute Gasteiger partial charge is 0.155 e. The minimum absolute atomic E-state index is 0.721. The largest absolute Gasteiger partial charge is 0.313 e. The molecule has 0 aliphatic heterocycles. The summed E-state index contributed by atoms with van der Waals surface area (Å²) in [5.41, 5.74) is 0. The molecule has 0 aromatic heterocycles. The molecule has 0 aliphatic rings. The molecule has 0 unspecified atom stereocenters. The van der Waals surface area contributed by atoms with Crippen molar-refractivity contribution < 1.29 is 9.36 Å². The Morgan fingerprint density at radius 2 is 1.21 bits per heavy atom. The molecule has 98 valence electrons. The zero-order valence-corrected chi connectivity index (χ0v) is 12.0. The van der Waals surface area contributed by atoms with Crippen molar-refractivity contribution in [3.63, 3.8) is 0 Å². The van der Waals surface area contributed by atoms with Crippen molar-refractivity contribution in [2.45, 2.75) is 19.0 Å². The highest BCUT2D eigenvalue weighted by molar-refractivity contribution is 7.80. The first kappa shape index (κ1) is 13.8. The highest BCUT2D eigenvalue weighted by Crippen LogP contribution is 2.54. The quantitative estimate of drug-likeness (QED) is 0.633. The molecule has 0 bridgehead atoms. The highest BCUT2D eigenvalue weighted by atomic mass is 31.2. The van der Waals surface area contributed by atoms with E-state index in [2.05, 4.69) is 0 Å². The lowest BCUT2D eigenvalue weighted by atomic mass is 10.2. The van der Waals surface area contributed by atoms with E-state index in [1.807, 2.05) is 60.7 Å². The van der Waals surface area contributed by atoms with E-state index < -0.39 is 12.3 Å². The van der Waals surface area contributed by atoms with E-state index in [0.717, 1.165) is 16.9 Å². The van der Waals surface area contributed by atoms with E-state index in [1.54, 1.807) is 13.8 Å². The molecule has 0 amide bonds. The average molecular weight is 272 g/mol. The molecule has 0 atom stereocenters. The van der Waals surface area contributed by atoms with Gasteiger partial charge in [0.05, 0.1) is 5.16 Å². The van der Waals surface area contributed by atoms with E-state index in [4.69, 9.17) is 0 Å². The molecule has 2 aromatic rings. The summed E-state index contributed by atoms with van der Waals surface area (Å²) in [4.78, 5) is 11.4. The van der Waals surface area contributed by atoms with Crippen LogP contribution in [0.15, 0.2) is 60.7 Å². The Morgan fingerprint density at radius 1 is 0.842 bits per heavy atom. The molecule has 0 heterocycles. The fourth-order valence-electron chi connectivity index (χ4n) is 2.16. The lowest BCUT2D eigenvalue weighted by Crippen LogP contribution is -2.34. The molecule has 0 N–H and O–H groups in total. The first-order chi connectivity index (χ1) is 9.02. The number of hydrogen-bond acceptors (Lipinski definition) is 2. The third-order valence-electron chi connectivity index (χ3n) is 3.34. The summed E-state index contributed by atoms with van der Waals surface area (Å²) >= 11 is 0. The zero-order valence-electron chi connectivity index (χ0n) is 11.1. The standard InChI is InChI=1S/C16H17O2P/c1-16(2,13-17)19(18,14-9-5-3-6-10-14)15-11-7-4-8-12-15/h3-13H,1-2H3. The highest BCUT2D eigenvalue weighted by Gasteiger charge is 2.43. The van der Waals surface area contributed by atoms with Crippen LogP contribution < -0.4 is 10.6 Å². The first-order valence-corrected chi connectivity index (χ1v) is 7.91. The second-order valence-corrected chi connectivity index (χ2v) is 8.46. The van der Waals surface area contributed by atoms with Gasteiger partial charge in [0, 0.05) is 10.6 Å². The van der Waals surface area contributed by atoms with Gasteiger partial charge in [0.15, 0.2) is 7.14 Å². The fraction of sp³-hybridized carbons (Fsp3) is 0.188. The topological polar surface area (TPSA) is 34.1 Å². The van der Waals surface area contributed by atoms with E-state index in [1.165, 1.54) is 0 Å². The summed E-state index contributed by atoms with van der Waals surface area (Å²) in [5.74, 6) is 0. The number of carbonyl (C=O) groups is 1. The SMILES string of the molecule is CC(C)(C=O)P(=O)(c1ccccc1)c1ccccc1. The molecular formula is C16H17O2P. The van der Waals surface area contributed by atoms with Crippen LogP contribution in [0.1, 0.15) is 13.8 Å². The minimum atomic E-state index is -3.00. The minimum Gasteiger partial charge on any atom is -0.313 e. The van der Waals surface area contributed by atoms with E-state index in [0.29, 0.717) is 0 Å². The molecule has 2 rings (SSSR count). The second-order valence-electron chi connectivity index (χ2n) is 5.05. The summed E-state index contributed by atoms with van der Waals surface area (Å²) in [5, 5.41) is 0.520. The van der Waals surface area contributed by atoms with Crippen molar-refractivity contribution in [2.75, 3.05) is 0 Å². The van der Waals surface area contributed by atoms with Gasteiger partial charge in [-0.1, -0.05) is 60.7 Å². The third kappa shape index (κ3) is 2.29. The normalized spacial score (nSPS) is 12.1. The molecule has 0 radical (unpaired) electrons. The Morgan fingerprint density at radius 3 is 1.53 bits per heavy atom. The van der Waals surface area contributed by atoms with Gasteiger partial charge >= 0.3 is 0 Å². The van der Waals surface area contributed by atoms with Crippen LogP contribution in [0.2, 0.25) is 0 Å². The fourth-order valence-corrected chi connectivity index (χ4v) is 5.13. The molecule has 19 heavy (non-hydrogen) atoms. The van der Waals surface area contributed by atoms with Crippen molar-refractivity contribution >= 4 is 24.0 Å². The van der Waals surface area contributed by atoms with Crippen LogP contribution in [0.25, 0.3) is 0 Å². The van der Waals surface area contributed by atoms with Gasteiger partial charge in [-0.3, -0.25) is 0 Å². The summed E-state index contributed by atoms with van der Waals surface area (Å²) < 4.78 is 13.6. The summed E-state index contributed by atoms with van der Waals surface area (Å²) in [6.07, 6.45) is 0.799. The number of carbonyl (C=O) groups excluding carboxylic acids is 1. The van der Waals surface area contributed by atoms with Crippen molar-refractivity contribution in [1.29, 1.82) is 0 Å². The van der Waals surface area contributed by atoms with Crippen LogP contribution in [-0.4, -0.2) is 11.4 Å². The number of hydrogen-bond donors (Lipinski definition) is 0. The van der Waals surface area contributed by atoms with Crippen LogP contribution in [0.3, 0.4) is 0 Å². The number of rotatable bonds is 4. The van der Waals surface area contributed by atoms with Gasteiger partial charge in [-0.15, -0.1) is 0 Å². The maximum Gasteiger partial charge on any atom is 0.155 e. The lowest BCUT2D eigenvalue weighted by Gasteiger charge is -2.30. The Kier molecular flexibility index (Phi) is 3.73. The Bertz CT molecular complexity index is 560. The van der Waals surface area contributed by atoms with Gasteiger partial charge in [-0.2, -0.15) is 0 Å². The van der Waals surface area contributed by atoms with Crippen molar-refractivity contribution in [2.24, 2.45) is 0 Å². The molecule has 3 heteroatoms. The summed E-state index contributed by atoms with van der Waals surface area (Å²) in [7, 11) is -3.00. The summed E-state index contributed by atoms with van der Waals surface area (Å²) in [6.45, 7) is 3.47. The van der Waals surface area contributed by atoms with Crippen LogP contribution >= 0.6 is 7.14 Å². The Balaban J connectivity index is 2.72. The molecule has 0 spiro atoms. The van der Waals surface area contributed by atoms with Gasteiger partial charge in [-0.05, 0) is 13.8 Å². The molecule has 0 saturated carbocycles. The molecular weight excluding hydrogens is 255 g/mol. The first-order valence-electron chi connectivity index (χ1n) is 6.20. The molecule has 0 aliphatic carbocycles. The molecule has 0 fully saturated rings. The number of aldehydes is 1. The number of benzene rings is 2. The third-order valence-corrected chi connectivity index (χ3v) is 7.12. The molecule has 2 aromatic carbocycles. The Hall–Kier alpha value is -1.66. The van der Waals surface area contributed by atoms with Gasteiger partial charge in [0.2, 0.25) is 0 Å². The lowest BCUT2D eigenvalue weighted by molar-refractivity contribution is -0.109. The van der Waals surface area contributed by atoms with Crippen molar-refractivity contribution in [3.05, 3.63) is 60.7 Å². The van der Waals surface area contributed by atoms with Crippen LogP contribution in [0.5, 0.6) is 0 Å². The monoisotopic (exact) mass is 272 g/mol. The Labute approximate surface area is 113 Å². The predicted molar refractivity (Wildman–Crippen MR) is 79.9 cm³/mol. The van der Waals surface area contributed by atoms with Gasteiger partial charge in [-0.25, -0.2) is 0 Å². The predicted octanol–water partition coefficient (Wildman–Crippen LogP) is 2.98. The van der Waals surface area contributed by atoms with E-state index in [-0.39, 0.29) is 0 Å². The van der Waals surface area contributed by atoms with E-state index in [9.17, 15) is 9.36 Å². The molecule has 2 nitrogen and oxygen atoms in total. The maximum atomic E-state index is 13.6. The molecule has 0 saturated heterocycles. The van der Waals surface area contributed by atoms with Crippen LogP contribution in [0, 0.1) is 0 Å². The van der Waals surface area contributed by atoms with Gasteiger partial charge in [0.25, 0.3) is 0 Å².